The van der Waals surface area contributed by atoms with E-state index in [0.29, 0.717) is 0 Å². The number of nitrogens with zero attached hydrogens (tertiary/aromatic N) is 2. The van der Waals surface area contributed by atoms with Crippen LogP contribution in [0.4, 0.5) is 13.2 Å². The molecule has 1 heterocycles. The van der Waals surface area contributed by atoms with E-state index in [1.54, 1.807) is 31.5 Å². The van der Waals surface area contributed by atoms with Gasteiger partial charge in [0.2, 0.25) is 10.0 Å². The Bertz CT molecular complexity index is 745. The summed E-state index contributed by atoms with van der Waals surface area (Å²) in [7, 11) is -3.87. The average molecular weight is 344 g/mol. The zero-order chi connectivity index (χ0) is 17.1. The Morgan fingerprint density at radius 1 is 1.04 bits per heavy atom. The van der Waals surface area contributed by atoms with E-state index >= 15 is 0 Å². The standard InChI is InChI=1S/C15H15F3N2O2S/c1-2-20(11-12-7-9-19-10-8-12)23(21,22)14-5-3-13(4-6-14)15(16,17)18/h3-10H,2,11H2,1H3. The van der Waals surface area contributed by atoms with E-state index in [2.05, 4.69) is 4.98 Å². The van der Waals surface area contributed by atoms with Gasteiger partial charge in [0.1, 0.15) is 0 Å². The van der Waals surface area contributed by atoms with E-state index in [-0.39, 0.29) is 18.0 Å². The maximum Gasteiger partial charge on any atom is 0.416 e. The number of rotatable bonds is 5. The molecule has 0 radical (unpaired) electrons. The number of pyridine rings is 1. The number of sulfonamides is 1. The molecule has 0 aliphatic rings. The quantitative estimate of drug-likeness (QED) is 0.836. The third kappa shape index (κ3) is 4.08. The Balaban J connectivity index is 2.28. The molecule has 0 N–H and O–H groups in total. The number of alkyl halides is 3. The maximum absolute atomic E-state index is 12.6. The predicted octanol–water partition coefficient (Wildman–Crippen LogP) is 3.31. The summed E-state index contributed by atoms with van der Waals surface area (Å²) in [5.74, 6) is 0. The van der Waals surface area contributed by atoms with Crippen molar-refractivity contribution >= 4 is 10.0 Å². The molecule has 1 aromatic heterocycles. The Labute approximate surface area is 132 Å². The van der Waals surface area contributed by atoms with Crippen molar-refractivity contribution in [2.45, 2.75) is 24.5 Å². The van der Waals surface area contributed by atoms with Crippen LogP contribution >= 0.6 is 0 Å². The molecule has 2 aromatic rings. The average Bonchev–Trinajstić information content (AvgIpc) is 2.52. The van der Waals surface area contributed by atoms with Gasteiger partial charge in [0.15, 0.2) is 0 Å². The van der Waals surface area contributed by atoms with Crippen LogP contribution in [0, 0.1) is 0 Å². The number of aromatic nitrogens is 1. The van der Waals surface area contributed by atoms with Crippen LogP contribution in [0.15, 0.2) is 53.7 Å². The highest BCUT2D eigenvalue weighted by molar-refractivity contribution is 7.89. The number of hydrogen-bond donors (Lipinski definition) is 0. The van der Waals surface area contributed by atoms with Crippen molar-refractivity contribution in [3.05, 3.63) is 59.9 Å². The first-order valence-electron chi connectivity index (χ1n) is 6.81. The molecule has 1 aromatic carbocycles. The molecule has 8 heteroatoms. The van der Waals surface area contributed by atoms with E-state index in [0.717, 1.165) is 29.8 Å². The van der Waals surface area contributed by atoms with Gasteiger partial charge in [-0.1, -0.05) is 6.92 Å². The second-order valence-corrected chi connectivity index (χ2v) is 6.75. The highest BCUT2D eigenvalue weighted by Crippen LogP contribution is 2.30. The number of benzene rings is 1. The molecule has 2 rings (SSSR count). The number of halogens is 3. The SMILES string of the molecule is CCN(Cc1ccncc1)S(=O)(=O)c1ccc(C(F)(F)F)cc1. The summed E-state index contributed by atoms with van der Waals surface area (Å²) in [6.45, 7) is 2.00. The molecule has 0 amide bonds. The molecule has 0 atom stereocenters. The molecular formula is C15H15F3N2O2S. The van der Waals surface area contributed by atoms with Crippen molar-refractivity contribution in [2.75, 3.05) is 6.54 Å². The summed E-state index contributed by atoms with van der Waals surface area (Å²) >= 11 is 0. The van der Waals surface area contributed by atoms with Crippen LogP contribution in [-0.4, -0.2) is 24.3 Å². The summed E-state index contributed by atoms with van der Waals surface area (Å²) in [6.07, 6.45) is -1.40. The first kappa shape index (κ1) is 17.4. The van der Waals surface area contributed by atoms with Crippen molar-refractivity contribution in [3.8, 4) is 0 Å². The van der Waals surface area contributed by atoms with Gasteiger partial charge in [-0.15, -0.1) is 0 Å². The van der Waals surface area contributed by atoms with Crippen molar-refractivity contribution in [1.29, 1.82) is 0 Å². The van der Waals surface area contributed by atoms with Crippen LogP contribution < -0.4 is 0 Å². The van der Waals surface area contributed by atoms with Crippen LogP contribution in [0.5, 0.6) is 0 Å². The van der Waals surface area contributed by atoms with E-state index in [9.17, 15) is 21.6 Å². The van der Waals surface area contributed by atoms with Gasteiger partial charge in [0, 0.05) is 25.5 Å². The summed E-state index contributed by atoms with van der Waals surface area (Å²) in [5.41, 5.74) is -0.133. The van der Waals surface area contributed by atoms with Gasteiger partial charge in [-0.3, -0.25) is 4.98 Å². The molecule has 0 bridgehead atoms. The van der Waals surface area contributed by atoms with Gasteiger partial charge in [0.25, 0.3) is 0 Å². The molecule has 0 aliphatic carbocycles. The van der Waals surface area contributed by atoms with Crippen molar-refractivity contribution < 1.29 is 21.6 Å². The summed E-state index contributed by atoms with van der Waals surface area (Å²) in [6, 6.07) is 6.87. The minimum atomic E-state index is -4.50. The van der Waals surface area contributed by atoms with Crippen LogP contribution in [-0.2, 0) is 22.7 Å². The fourth-order valence-corrected chi connectivity index (χ4v) is 3.46. The molecule has 23 heavy (non-hydrogen) atoms. The zero-order valence-electron chi connectivity index (χ0n) is 12.3. The highest BCUT2D eigenvalue weighted by Gasteiger charge is 2.31. The highest BCUT2D eigenvalue weighted by atomic mass is 32.2. The molecule has 0 saturated carbocycles. The molecule has 0 aliphatic heterocycles. The summed E-state index contributed by atoms with van der Waals surface area (Å²) < 4.78 is 64.0. The molecule has 0 fully saturated rings. The Morgan fingerprint density at radius 2 is 1.61 bits per heavy atom. The first-order valence-corrected chi connectivity index (χ1v) is 8.25. The molecule has 124 valence electrons. The van der Waals surface area contributed by atoms with Crippen LogP contribution in [0.3, 0.4) is 0 Å². The second-order valence-electron chi connectivity index (χ2n) is 4.81. The van der Waals surface area contributed by atoms with E-state index in [1.165, 1.54) is 4.31 Å². The minimum Gasteiger partial charge on any atom is -0.265 e. The van der Waals surface area contributed by atoms with Gasteiger partial charge in [-0.25, -0.2) is 8.42 Å². The van der Waals surface area contributed by atoms with Crippen LogP contribution in [0.25, 0.3) is 0 Å². The Hall–Kier alpha value is -1.93. The molecule has 0 spiro atoms. The third-order valence-electron chi connectivity index (χ3n) is 3.28. The molecular weight excluding hydrogens is 329 g/mol. The lowest BCUT2D eigenvalue weighted by molar-refractivity contribution is -0.137. The monoisotopic (exact) mass is 344 g/mol. The lowest BCUT2D eigenvalue weighted by Crippen LogP contribution is -2.30. The number of hydrogen-bond acceptors (Lipinski definition) is 3. The zero-order valence-corrected chi connectivity index (χ0v) is 13.1. The summed E-state index contributed by atoms with van der Waals surface area (Å²) in [5, 5.41) is 0. The lowest BCUT2D eigenvalue weighted by atomic mass is 10.2. The predicted molar refractivity (Wildman–Crippen MR) is 79.0 cm³/mol. The fourth-order valence-electron chi connectivity index (χ4n) is 2.02. The molecule has 0 unspecified atom stereocenters. The molecule has 0 saturated heterocycles. The van der Waals surface area contributed by atoms with Gasteiger partial charge in [0.05, 0.1) is 10.5 Å². The summed E-state index contributed by atoms with van der Waals surface area (Å²) in [4.78, 5) is 3.69. The lowest BCUT2D eigenvalue weighted by Gasteiger charge is -2.20. The third-order valence-corrected chi connectivity index (χ3v) is 5.22. The minimum absolute atomic E-state index is 0.127. The van der Waals surface area contributed by atoms with E-state index in [4.69, 9.17) is 0 Å². The smallest absolute Gasteiger partial charge is 0.265 e. The topological polar surface area (TPSA) is 50.3 Å². The van der Waals surface area contributed by atoms with Gasteiger partial charge in [-0.2, -0.15) is 17.5 Å². The van der Waals surface area contributed by atoms with Crippen molar-refractivity contribution in [1.82, 2.24) is 9.29 Å². The molecule has 4 nitrogen and oxygen atoms in total. The fraction of sp³-hybridized carbons (Fsp3) is 0.267. The first-order chi connectivity index (χ1) is 10.7. The van der Waals surface area contributed by atoms with Crippen LogP contribution in [0.2, 0.25) is 0 Å². The van der Waals surface area contributed by atoms with Crippen molar-refractivity contribution in [2.24, 2.45) is 0 Å². The second kappa shape index (κ2) is 6.67. The van der Waals surface area contributed by atoms with Gasteiger partial charge >= 0.3 is 6.18 Å². The largest absolute Gasteiger partial charge is 0.416 e. The van der Waals surface area contributed by atoms with E-state index < -0.39 is 21.8 Å². The van der Waals surface area contributed by atoms with Gasteiger partial charge < -0.3 is 0 Å². The van der Waals surface area contributed by atoms with E-state index in [1.807, 2.05) is 0 Å². The Kier molecular flexibility index (Phi) is 5.06. The van der Waals surface area contributed by atoms with Gasteiger partial charge in [-0.05, 0) is 42.0 Å². The Morgan fingerprint density at radius 3 is 2.09 bits per heavy atom. The van der Waals surface area contributed by atoms with Crippen molar-refractivity contribution in [3.63, 3.8) is 0 Å². The van der Waals surface area contributed by atoms with Crippen LogP contribution in [0.1, 0.15) is 18.1 Å². The normalized spacial score (nSPS) is 12.6. The maximum atomic E-state index is 12.6.